The molecule has 11 heteroatoms. The Hall–Kier alpha value is -2.56. The van der Waals surface area contributed by atoms with Gasteiger partial charge in [-0.2, -0.15) is 13.2 Å². The summed E-state index contributed by atoms with van der Waals surface area (Å²) in [6.45, 7) is 1.93. The van der Waals surface area contributed by atoms with Crippen LogP contribution in [0, 0.1) is 6.92 Å². The summed E-state index contributed by atoms with van der Waals surface area (Å²) in [4.78, 5) is 22.7. The molecule has 1 unspecified atom stereocenters. The highest BCUT2D eigenvalue weighted by Gasteiger charge is 2.36. The molecule has 26 heavy (non-hydrogen) atoms. The topological polar surface area (TPSA) is 97.1 Å². The third-order valence-corrected chi connectivity index (χ3v) is 4.17. The van der Waals surface area contributed by atoms with Gasteiger partial charge in [-0.25, -0.2) is 4.79 Å². The third-order valence-electron chi connectivity index (χ3n) is 3.23. The number of amides is 1. The number of nitrogens with zero attached hydrogens (tertiary/aromatic N) is 3. The number of hydrogen-bond acceptors (Lipinski definition) is 5. The first kappa shape index (κ1) is 19.8. The van der Waals surface area contributed by atoms with E-state index in [1.807, 2.05) is 36.5 Å². The van der Waals surface area contributed by atoms with Crippen LogP contribution in [0.3, 0.4) is 0 Å². The van der Waals surface area contributed by atoms with Crippen LogP contribution >= 0.6 is 11.8 Å². The number of thioether (sulfide) groups is 1. The smallest absolute Gasteiger partial charge is 0.391 e. The van der Waals surface area contributed by atoms with Gasteiger partial charge in [0.1, 0.15) is 12.4 Å². The fourth-order valence-corrected chi connectivity index (χ4v) is 2.74. The molecular weight excluding hydrogens is 373 g/mol. The van der Waals surface area contributed by atoms with Crippen LogP contribution in [0.1, 0.15) is 12.0 Å². The number of nitrogens with one attached hydrogen (secondary N) is 1. The van der Waals surface area contributed by atoms with Crippen LogP contribution in [-0.2, 0) is 9.59 Å². The van der Waals surface area contributed by atoms with Gasteiger partial charge in [-0.05, 0) is 19.1 Å². The molecule has 1 amide bonds. The largest absolute Gasteiger partial charge is 0.480 e. The van der Waals surface area contributed by atoms with E-state index in [2.05, 4.69) is 10.2 Å². The standard InChI is InChI=1S/C15H15F3N4O3S/c1-9-2-4-10(5-3-9)22-8-19-21-14(22)26-7-12(23)20-11(13(24)25)6-15(16,17)18/h2-5,8,11H,6-7H2,1H3,(H,20,23)(H,24,25). The monoisotopic (exact) mass is 388 g/mol. The number of hydrogen-bond donors (Lipinski definition) is 2. The summed E-state index contributed by atoms with van der Waals surface area (Å²) in [7, 11) is 0. The van der Waals surface area contributed by atoms with Crippen molar-refractivity contribution in [2.24, 2.45) is 0 Å². The first-order valence-electron chi connectivity index (χ1n) is 7.34. The van der Waals surface area contributed by atoms with Crippen LogP contribution in [0.2, 0.25) is 0 Å². The minimum Gasteiger partial charge on any atom is -0.480 e. The summed E-state index contributed by atoms with van der Waals surface area (Å²) in [5.74, 6) is -2.89. The van der Waals surface area contributed by atoms with E-state index in [1.54, 1.807) is 4.57 Å². The molecule has 7 nitrogen and oxygen atoms in total. The number of aryl methyl sites for hydroxylation is 1. The lowest BCUT2D eigenvalue weighted by Gasteiger charge is -2.16. The molecular formula is C15H15F3N4O3S. The zero-order valence-corrected chi connectivity index (χ0v) is 14.3. The van der Waals surface area contributed by atoms with Crippen molar-refractivity contribution >= 4 is 23.6 Å². The minimum absolute atomic E-state index is 0.299. The highest BCUT2D eigenvalue weighted by atomic mass is 32.2. The van der Waals surface area contributed by atoms with Crippen molar-refractivity contribution in [1.82, 2.24) is 20.1 Å². The molecule has 1 aromatic heterocycles. The second kappa shape index (κ2) is 8.21. The molecule has 1 aromatic carbocycles. The van der Waals surface area contributed by atoms with Crippen LogP contribution < -0.4 is 5.32 Å². The van der Waals surface area contributed by atoms with E-state index in [0.717, 1.165) is 23.0 Å². The third kappa shape index (κ3) is 5.76. The summed E-state index contributed by atoms with van der Waals surface area (Å²) < 4.78 is 38.7. The van der Waals surface area contributed by atoms with Gasteiger partial charge in [0.15, 0.2) is 5.16 Å². The van der Waals surface area contributed by atoms with Gasteiger partial charge in [0.25, 0.3) is 0 Å². The van der Waals surface area contributed by atoms with Crippen molar-refractivity contribution in [3.63, 3.8) is 0 Å². The Kier molecular flexibility index (Phi) is 6.24. The average Bonchev–Trinajstić information content (AvgIpc) is 3.00. The molecule has 0 saturated heterocycles. The fourth-order valence-electron chi connectivity index (χ4n) is 2.00. The summed E-state index contributed by atoms with van der Waals surface area (Å²) in [5, 5.41) is 18.6. The molecule has 2 aromatic rings. The summed E-state index contributed by atoms with van der Waals surface area (Å²) >= 11 is 0.936. The Morgan fingerprint density at radius 2 is 1.96 bits per heavy atom. The molecule has 0 bridgehead atoms. The van der Waals surface area contributed by atoms with Crippen molar-refractivity contribution in [2.45, 2.75) is 30.7 Å². The van der Waals surface area contributed by atoms with Crippen molar-refractivity contribution in [3.05, 3.63) is 36.2 Å². The Labute approximate surface area is 150 Å². The number of carboxylic acids is 1. The van der Waals surface area contributed by atoms with Crippen LogP contribution in [-0.4, -0.2) is 49.7 Å². The Balaban J connectivity index is 1.98. The Bertz CT molecular complexity index is 777. The summed E-state index contributed by atoms with van der Waals surface area (Å²) in [6, 6.07) is 5.38. The van der Waals surface area contributed by atoms with Gasteiger partial charge < -0.3 is 10.4 Å². The van der Waals surface area contributed by atoms with E-state index in [1.165, 1.54) is 6.33 Å². The maximum absolute atomic E-state index is 12.4. The van der Waals surface area contributed by atoms with Gasteiger partial charge in [-0.15, -0.1) is 10.2 Å². The van der Waals surface area contributed by atoms with Gasteiger partial charge in [-0.1, -0.05) is 29.5 Å². The second-order valence-electron chi connectivity index (χ2n) is 5.39. The zero-order chi connectivity index (χ0) is 19.3. The SMILES string of the molecule is Cc1ccc(-n2cnnc2SCC(=O)NC(CC(F)(F)F)C(=O)O)cc1. The Morgan fingerprint density at radius 3 is 2.54 bits per heavy atom. The molecule has 1 heterocycles. The Morgan fingerprint density at radius 1 is 1.31 bits per heavy atom. The van der Waals surface area contributed by atoms with Crippen LogP contribution in [0.5, 0.6) is 0 Å². The van der Waals surface area contributed by atoms with Gasteiger partial charge in [-0.3, -0.25) is 9.36 Å². The van der Waals surface area contributed by atoms with Crippen molar-refractivity contribution < 1.29 is 27.9 Å². The highest BCUT2D eigenvalue weighted by molar-refractivity contribution is 7.99. The van der Waals surface area contributed by atoms with E-state index in [9.17, 15) is 22.8 Å². The number of carbonyl (C=O) groups excluding carboxylic acids is 1. The number of halogens is 3. The lowest BCUT2D eigenvalue weighted by atomic mass is 10.2. The predicted octanol–water partition coefficient (Wildman–Crippen LogP) is 2.19. The first-order valence-corrected chi connectivity index (χ1v) is 8.33. The average molecular weight is 388 g/mol. The predicted molar refractivity (Wildman–Crippen MR) is 87.1 cm³/mol. The molecule has 0 aliphatic carbocycles. The molecule has 2 N–H and O–H groups in total. The molecule has 140 valence electrons. The number of aromatic nitrogens is 3. The first-order chi connectivity index (χ1) is 12.2. The fraction of sp³-hybridized carbons (Fsp3) is 0.333. The number of carbonyl (C=O) groups is 2. The molecule has 2 rings (SSSR count). The summed E-state index contributed by atoms with van der Waals surface area (Å²) in [6.07, 6.45) is -4.90. The molecule has 0 fully saturated rings. The lowest BCUT2D eigenvalue weighted by Crippen LogP contribution is -2.44. The van der Waals surface area contributed by atoms with E-state index in [4.69, 9.17) is 5.11 Å². The van der Waals surface area contributed by atoms with Crippen molar-refractivity contribution in [3.8, 4) is 5.69 Å². The molecule has 0 aliphatic rings. The number of rotatable bonds is 7. The number of benzene rings is 1. The van der Waals surface area contributed by atoms with Crippen LogP contribution in [0.15, 0.2) is 35.7 Å². The second-order valence-corrected chi connectivity index (χ2v) is 6.33. The van der Waals surface area contributed by atoms with E-state index in [0.29, 0.717) is 5.16 Å². The lowest BCUT2D eigenvalue weighted by molar-refractivity contribution is -0.159. The molecule has 1 atom stereocenters. The van der Waals surface area contributed by atoms with E-state index in [-0.39, 0.29) is 5.75 Å². The molecule has 0 radical (unpaired) electrons. The van der Waals surface area contributed by atoms with Crippen LogP contribution in [0.25, 0.3) is 5.69 Å². The van der Waals surface area contributed by atoms with Crippen molar-refractivity contribution in [1.29, 1.82) is 0 Å². The van der Waals surface area contributed by atoms with Gasteiger partial charge >= 0.3 is 12.1 Å². The van der Waals surface area contributed by atoms with E-state index >= 15 is 0 Å². The number of alkyl halides is 3. The summed E-state index contributed by atoms with van der Waals surface area (Å²) in [5.41, 5.74) is 1.81. The van der Waals surface area contributed by atoms with Gasteiger partial charge in [0, 0.05) is 5.69 Å². The maximum Gasteiger partial charge on any atom is 0.391 e. The van der Waals surface area contributed by atoms with E-state index < -0.39 is 30.5 Å². The highest BCUT2D eigenvalue weighted by Crippen LogP contribution is 2.22. The van der Waals surface area contributed by atoms with Crippen LogP contribution in [0.4, 0.5) is 13.2 Å². The molecule has 0 aliphatic heterocycles. The van der Waals surface area contributed by atoms with Gasteiger partial charge in [0.05, 0.1) is 12.2 Å². The van der Waals surface area contributed by atoms with Crippen molar-refractivity contribution in [2.75, 3.05) is 5.75 Å². The minimum atomic E-state index is -4.70. The van der Waals surface area contributed by atoms with Gasteiger partial charge in [0.2, 0.25) is 5.91 Å². The zero-order valence-electron chi connectivity index (χ0n) is 13.5. The quantitative estimate of drug-likeness (QED) is 0.706. The number of carboxylic acid groups (broad SMARTS) is 1. The number of aliphatic carboxylic acids is 1. The maximum atomic E-state index is 12.4. The molecule has 0 spiro atoms. The normalized spacial score (nSPS) is 12.6. The molecule has 0 saturated carbocycles.